The van der Waals surface area contributed by atoms with Gasteiger partial charge in [-0.3, -0.25) is 4.79 Å². The van der Waals surface area contributed by atoms with Crippen molar-refractivity contribution in [3.8, 4) is 34.4 Å². The maximum absolute atomic E-state index is 12.8. The fourth-order valence-corrected chi connectivity index (χ4v) is 3.13. The monoisotopic (exact) mass is 436 g/mol. The Morgan fingerprint density at radius 2 is 2.06 bits per heavy atom. The number of halogens is 3. The van der Waals surface area contributed by atoms with E-state index in [0.29, 0.717) is 36.0 Å². The molecule has 2 N–H and O–H groups in total. The van der Waals surface area contributed by atoms with Gasteiger partial charge in [0.25, 0.3) is 5.91 Å². The Hall–Kier alpha value is -3.57. The fourth-order valence-electron chi connectivity index (χ4n) is 3.13. The van der Waals surface area contributed by atoms with Crippen molar-refractivity contribution in [2.75, 3.05) is 6.61 Å². The van der Waals surface area contributed by atoms with Gasteiger partial charge in [-0.1, -0.05) is 0 Å². The molecule has 164 valence electrons. The molecule has 3 aromatic rings. The molecule has 1 aliphatic rings. The summed E-state index contributed by atoms with van der Waals surface area (Å²) < 4.78 is 52.5. The van der Waals surface area contributed by atoms with E-state index in [1.165, 1.54) is 0 Å². The van der Waals surface area contributed by atoms with E-state index in [9.17, 15) is 18.0 Å². The second-order valence-electron chi connectivity index (χ2n) is 7.48. The number of carbonyl (C=O) groups excluding carboxylic acids is 1. The van der Waals surface area contributed by atoms with Crippen molar-refractivity contribution in [3.63, 3.8) is 0 Å². The van der Waals surface area contributed by atoms with Crippen LogP contribution in [0, 0.1) is 0 Å². The average Bonchev–Trinajstić information content (AvgIpc) is 3.23. The first-order valence-electron chi connectivity index (χ1n) is 9.32. The average molecular weight is 436 g/mol. The molecule has 31 heavy (non-hydrogen) atoms. The van der Waals surface area contributed by atoms with Gasteiger partial charge in [0.2, 0.25) is 0 Å². The molecule has 1 aromatic carbocycles. The summed E-state index contributed by atoms with van der Waals surface area (Å²) >= 11 is 0. The number of fused-ring (bicyclic) bond motifs is 3. The second kappa shape index (κ2) is 7.29. The number of imidazole rings is 1. The van der Waals surface area contributed by atoms with Crippen molar-refractivity contribution in [3.05, 3.63) is 30.7 Å². The van der Waals surface area contributed by atoms with E-state index in [-0.39, 0.29) is 11.5 Å². The number of rotatable bonds is 5. The minimum Gasteiger partial charge on any atom is -0.491 e. The molecule has 1 amide bonds. The molecule has 0 saturated heterocycles. The lowest BCUT2D eigenvalue weighted by Crippen LogP contribution is -2.43. The molecular formula is C19H19F3N6O3. The van der Waals surface area contributed by atoms with Crippen molar-refractivity contribution in [2.45, 2.75) is 38.7 Å². The van der Waals surface area contributed by atoms with E-state index in [4.69, 9.17) is 15.2 Å². The van der Waals surface area contributed by atoms with E-state index in [2.05, 4.69) is 15.1 Å². The number of hydrogen-bond donors (Lipinski definition) is 1. The molecule has 0 spiro atoms. The maximum Gasteiger partial charge on any atom is 0.408 e. The second-order valence-corrected chi connectivity index (χ2v) is 7.48. The number of carbonyl (C=O) groups is 1. The standard InChI is InChI=1S/C19H19F3N6O3/c1-18(2,17(23)29)31-11-3-4-12-14(7-11)30-6-5-27-8-13(26-15(12)27)16-24-10-25-28(16)9-19(20,21)22/h3-4,7-8,10H,5-6,9H2,1-2H3,(H2,23,29). The smallest absolute Gasteiger partial charge is 0.408 e. The third-order valence-electron chi connectivity index (χ3n) is 4.70. The van der Waals surface area contributed by atoms with Crippen LogP contribution in [0.2, 0.25) is 0 Å². The summed E-state index contributed by atoms with van der Waals surface area (Å²) in [5.74, 6) is 0.748. The summed E-state index contributed by atoms with van der Waals surface area (Å²) in [7, 11) is 0. The van der Waals surface area contributed by atoms with Crippen molar-refractivity contribution >= 4 is 5.91 Å². The van der Waals surface area contributed by atoms with Gasteiger partial charge in [0.1, 0.15) is 42.5 Å². The summed E-state index contributed by atoms with van der Waals surface area (Å²) in [6.07, 6.45) is -1.76. The zero-order valence-corrected chi connectivity index (χ0v) is 16.7. The first-order valence-corrected chi connectivity index (χ1v) is 9.32. The van der Waals surface area contributed by atoms with Crippen molar-refractivity contribution < 1.29 is 27.4 Å². The highest BCUT2D eigenvalue weighted by Crippen LogP contribution is 2.37. The molecule has 4 rings (SSSR count). The molecule has 9 nitrogen and oxygen atoms in total. The van der Waals surface area contributed by atoms with Crippen LogP contribution in [0.25, 0.3) is 22.9 Å². The van der Waals surface area contributed by atoms with Gasteiger partial charge in [-0.25, -0.2) is 14.6 Å². The van der Waals surface area contributed by atoms with Crippen LogP contribution < -0.4 is 15.2 Å². The predicted molar refractivity (Wildman–Crippen MR) is 102 cm³/mol. The third kappa shape index (κ3) is 4.18. The lowest BCUT2D eigenvalue weighted by Gasteiger charge is -2.23. The Morgan fingerprint density at radius 3 is 2.77 bits per heavy atom. The lowest BCUT2D eigenvalue weighted by molar-refractivity contribution is -0.142. The molecule has 0 bridgehead atoms. The summed E-state index contributed by atoms with van der Waals surface area (Å²) in [4.78, 5) is 20.0. The van der Waals surface area contributed by atoms with Crippen LogP contribution in [-0.4, -0.2) is 48.6 Å². The molecule has 3 heterocycles. The van der Waals surface area contributed by atoms with Crippen LogP contribution in [0.3, 0.4) is 0 Å². The molecule has 2 aromatic heterocycles. The topological polar surface area (TPSA) is 110 Å². The Bertz CT molecular complexity index is 1140. The SMILES string of the molecule is CC(C)(Oc1ccc2c(c1)OCCn1cc(-c3ncnn3CC(F)(F)F)nc1-2)C(N)=O. The van der Waals surface area contributed by atoms with Gasteiger partial charge in [0.15, 0.2) is 11.4 Å². The van der Waals surface area contributed by atoms with Crippen molar-refractivity contribution in [2.24, 2.45) is 5.73 Å². The highest BCUT2D eigenvalue weighted by atomic mass is 19.4. The number of primary amides is 1. The summed E-state index contributed by atoms with van der Waals surface area (Å²) in [6.45, 7) is 2.57. The number of nitrogens with zero attached hydrogens (tertiary/aromatic N) is 5. The van der Waals surface area contributed by atoms with Crippen molar-refractivity contribution in [1.82, 2.24) is 24.3 Å². The van der Waals surface area contributed by atoms with Crippen LogP contribution in [0.1, 0.15) is 13.8 Å². The predicted octanol–water partition coefficient (Wildman–Crippen LogP) is 2.41. The number of alkyl halides is 3. The van der Waals surface area contributed by atoms with Gasteiger partial charge < -0.3 is 19.8 Å². The van der Waals surface area contributed by atoms with Crippen LogP contribution in [0.5, 0.6) is 11.5 Å². The number of nitrogens with two attached hydrogens (primary N) is 1. The number of hydrogen-bond acceptors (Lipinski definition) is 6. The molecule has 12 heteroatoms. The van der Waals surface area contributed by atoms with Crippen LogP contribution in [0.15, 0.2) is 30.7 Å². The van der Waals surface area contributed by atoms with Crippen molar-refractivity contribution in [1.29, 1.82) is 0 Å². The number of aromatic nitrogens is 5. The van der Waals surface area contributed by atoms with Crippen LogP contribution in [0.4, 0.5) is 13.2 Å². The van der Waals surface area contributed by atoms with Crippen LogP contribution >= 0.6 is 0 Å². The van der Waals surface area contributed by atoms with Gasteiger partial charge >= 0.3 is 6.18 Å². The van der Waals surface area contributed by atoms with E-state index < -0.39 is 24.2 Å². The largest absolute Gasteiger partial charge is 0.491 e. The Kier molecular flexibility index (Phi) is 4.86. The summed E-state index contributed by atoms with van der Waals surface area (Å²) in [5.41, 5.74) is 5.02. The molecular weight excluding hydrogens is 417 g/mol. The third-order valence-corrected chi connectivity index (χ3v) is 4.70. The zero-order chi connectivity index (χ0) is 22.4. The Labute approximate surface area is 174 Å². The number of benzene rings is 1. The minimum absolute atomic E-state index is 0.0172. The molecule has 0 radical (unpaired) electrons. The molecule has 0 aliphatic carbocycles. The molecule has 0 unspecified atom stereocenters. The Morgan fingerprint density at radius 1 is 1.29 bits per heavy atom. The molecule has 0 atom stereocenters. The van der Waals surface area contributed by atoms with Gasteiger partial charge in [-0.05, 0) is 26.0 Å². The number of amides is 1. The van der Waals surface area contributed by atoms with Crippen LogP contribution in [-0.2, 0) is 17.9 Å². The summed E-state index contributed by atoms with van der Waals surface area (Å²) in [6, 6.07) is 4.97. The highest BCUT2D eigenvalue weighted by Gasteiger charge is 2.31. The fraction of sp³-hybridized carbons (Fsp3) is 0.368. The van der Waals surface area contributed by atoms with Gasteiger partial charge in [0.05, 0.1) is 12.1 Å². The maximum atomic E-state index is 12.8. The highest BCUT2D eigenvalue weighted by molar-refractivity contribution is 5.83. The van der Waals surface area contributed by atoms with E-state index in [1.54, 1.807) is 42.8 Å². The molecule has 0 saturated carbocycles. The van der Waals surface area contributed by atoms with E-state index in [0.717, 1.165) is 11.0 Å². The van der Waals surface area contributed by atoms with Gasteiger partial charge in [-0.15, -0.1) is 0 Å². The minimum atomic E-state index is -4.44. The van der Waals surface area contributed by atoms with E-state index >= 15 is 0 Å². The first kappa shape index (κ1) is 20.7. The number of ether oxygens (including phenoxy) is 2. The van der Waals surface area contributed by atoms with Gasteiger partial charge in [0, 0.05) is 12.3 Å². The quantitative estimate of drug-likeness (QED) is 0.658. The first-order chi connectivity index (χ1) is 14.5. The molecule has 1 aliphatic heterocycles. The Balaban J connectivity index is 1.69. The normalized spacial score (nSPS) is 13.7. The molecule has 0 fully saturated rings. The van der Waals surface area contributed by atoms with E-state index in [1.807, 2.05) is 0 Å². The lowest BCUT2D eigenvalue weighted by atomic mass is 10.1. The summed E-state index contributed by atoms with van der Waals surface area (Å²) in [5, 5.41) is 3.66. The zero-order valence-electron chi connectivity index (χ0n) is 16.7. The van der Waals surface area contributed by atoms with Gasteiger partial charge in [-0.2, -0.15) is 18.3 Å².